The molecule has 9 heteroatoms. The van der Waals surface area contributed by atoms with Crippen molar-refractivity contribution in [2.45, 2.75) is 44.9 Å². The van der Waals surface area contributed by atoms with Gasteiger partial charge in [-0.25, -0.2) is 14.8 Å². The zero-order valence-corrected chi connectivity index (χ0v) is 22.8. The van der Waals surface area contributed by atoms with Gasteiger partial charge < -0.3 is 19.9 Å². The number of benzene rings is 3. The zero-order chi connectivity index (χ0) is 28.1. The molecule has 3 atom stereocenters. The molecule has 0 bridgehead atoms. The van der Waals surface area contributed by atoms with Gasteiger partial charge in [0.25, 0.3) is 0 Å². The molecule has 0 unspecified atom stereocenters. The van der Waals surface area contributed by atoms with Gasteiger partial charge in [-0.15, -0.1) is 0 Å². The summed E-state index contributed by atoms with van der Waals surface area (Å²) in [6.45, 7) is 2.99. The summed E-state index contributed by atoms with van der Waals surface area (Å²) in [5, 5.41) is 6.18. The van der Waals surface area contributed by atoms with Crippen LogP contribution in [0.25, 0.3) is 0 Å². The van der Waals surface area contributed by atoms with Crippen molar-refractivity contribution in [1.82, 2.24) is 25.1 Å². The largest absolute Gasteiger partial charge is 0.371 e. The maximum Gasteiger partial charge on any atom is 0.334 e. The molecule has 40 heavy (non-hydrogen) atoms. The lowest BCUT2D eigenvalue weighted by Crippen LogP contribution is -2.77. The van der Waals surface area contributed by atoms with Gasteiger partial charge >= 0.3 is 6.03 Å². The summed E-state index contributed by atoms with van der Waals surface area (Å²) >= 11 is 0. The fourth-order valence-corrected chi connectivity index (χ4v) is 5.38. The number of carbonyl (C=O) groups is 3. The number of likely N-dealkylation sites (N-methyl/N-ethyl adjacent to an activating group) is 1. The van der Waals surface area contributed by atoms with Crippen LogP contribution in [0.3, 0.4) is 0 Å². The number of nitrogens with zero attached hydrogens (tertiary/aromatic N) is 4. The fraction of sp³-hybridized carbons (Fsp3) is 0.323. The van der Waals surface area contributed by atoms with Crippen molar-refractivity contribution in [1.29, 1.82) is 0 Å². The van der Waals surface area contributed by atoms with Crippen molar-refractivity contribution in [2.24, 2.45) is 0 Å². The van der Waals surface area contributed by atoms with Crippen molar-refractivity contribution in [3.8, 4) is 0 Å². The number of piperazine rings is 1. The van der Waals surface area contributed by atoms with Crippen molar-refractivity contribution >= 4 is 17.8 Å². The Hall–Kier alpha value is -4.21. The number of amides is 4. The van der Waals surface area contributed by atoms with E-state index >= 15 is 0 Å². The summed E-state index contributed by atoms with van der Waals surface area (Å²) < 4.78 is 6.19. The highest BCUT2D eigenvalue weighted by Gasteiger charge is 2.52. The third kappa shape index (κ3) is 6.00. The average Bonchev–Trinajstić information content (AvgIpc) is 2.97. The van der Waals surface area contributed by atoms with Gasteiger partial charge in [0.1, 0.15) is 12.2 Å². The Kier molecular flexibility index (Phi) is 8.42. The van der Waals surface area contributed by atoms with E-state index in [2.05, 4.69) is 5.32 Å². The molecule has 0 aromatic heterocycles. The third-order valence-electron chi connectivity index (χ3n) is 7.38. The SMILES string of the molecule is C[C@@H](OCc1ccccc1)[C@H]1C(=O)N(Cc2ccccc2)C[C@H]2N1C(=O)CN(C)N2C(=O)NCc1ccccc1. The number of hydrogen-bond acceptors (Lipinski definition) is 5. The van der Waals surface area contributed by atoms with Crippen molar-refractivity contribution in [2.75, 3.05) is 20.1 Å². The van der Waals surface area contributed by atoms with E-state index in [1.54, 1.807) is 26.9 Å². The second-order valence-electron chi connectivity index (χ2n) is 10.2. The van der Waals surface area contributed by atoms with Crippen LogP contribution in [0.4, 0.5) is 4.79 Å². The Labute approximate surface area is 234 Å². The second kappa shape index (κ2) is 12.3. The number of carbonyl (C=O) groups excluding carboxylic acids is 3. The van der Waals surface area contributed by atoms with Gasteiger partial charge in [-0.05, 0) is 23.6 Å². The van der Waals surface area contributed by atoms with Crippen LogP contribution in [0.1, 0.15) is 23.6 Å². The lowest BCUT2D eigenvalue weighted by molar-refractivity contribution is -0.196. The molecule has 0 aliphatic carbocycles. The first-order valence-corrected chi connectivity index (χ1v) is 13.5. The molecule has 4 amide bonds. The average molecular weight is 542 g/mol. The van der Waals surface area contributed by atoms with E-state index in [9.17, 15) is 14.4 Å². The quantitative estimate of drug-likeness (QED) is 0.474. The smallest absolute Gasteiger partial charge is 0.334 e. The predicted molar refractivity (Wildman–Crippen MR) is 150 cm³/mol. The minimum atomic E-state index is -0.878. The molecule has 3 aromatic carbocycles. The number of urea groups is 1. The number of nitrogens with one attached hydrogen (secondary N) is 1. The first kappa shape index (κ1) is 27.4. The van der Waals surface area contributed by atoms with Crippen molar-refractivity contribution in [3.63, 3.8) is 0 Å². The van der Waals surface area contributed by atoms with Crippen molar-refractivity contribution in [3.05, 3.63) is 108 Å². The van der Waals surface area contributed by atoms with Crippen LogP contribution in [-0.2, 0) is 34.0 Å². The van der Waals surface area contributed by atoms with E-state index in [0.29, 0.717) is 19.7 Å². The molecule has 1 N–H and O–H groups in total. The van der Waals surface area contributed by atoms with E-state index < -0.39 is 18.3 Å². The molecule has 2 saturated heterocycles. The van der Waals surface area contributed by atoms with Crippen LogP contribution in [0.2, 0.25) is 0 Å². The normalized spacial score (nSPS) is 20.3. The van der Waals surface area contributed by atoms with E-state index in [0.717, 1.165) is 16.7 Å². The van der Waals surface area contributed by atoms with Gasteiger partial charge in [0.2, 0.25) is 11.8 Å². The van der Waals surface area contributed by atoms with E-state index in [1.165, 1.54) is 0 Å². The molecule has 5 rings (SSSR count). The molecule has 0 radical (unpaired) electrons. The second-order valence-corrected chi connectivity index (χ2v) is 10.2. The fourth-order valence-electron chi connectivity index (χ4n) is 5.38. The molecule has 0 saturated carbocycles. The van der Waals surface area contributed by atoms with E-state index in [4.69, 9.17) is 4.74 Å². The van der Waals surface area contributed by atoms with Crippen LogP contribution < -0.4 is 5.32 Å². The number of hydrogen-bond donors (Lipinski definition) is 1. The van der Waals surface area contributed by atoms with Crippen molar-refractivity contribution < 1.29 is 19.1 Å². The van der Waals surface area contributed by atoms with Crippen LogP contribution in [0.15, 0.2) is 91.0 Å². The van der Waals surface area contributed by atoms with E-state index in [-0.39, 0.29) is 30.9 Å². The molecule has 9 nitrogen and oxygen atoms in total. The molecule has 208 valence electrons. The van der Waals surface area contributed by atoms with E-state index in [1.807, 2.05) is 97.9 Å². The topological polar surface area (TPSA) is 85.4 Å². The van der Waals surface area contributed by atoms with Crippen LogP contribution in [0.5, 0.6) is 0 Å². The molecular weight excluding hydrogens is 506 g/mol. The summed E-state index contributed by atoms with van der Waals surface area (Å²) in [5.41, 5.74) is 2.91. The first-order chi connectivity index (χ1) is 19.4. The molecule has 2 aliphatic rings. The summed E-state index contributed by atoms with van der Waals surface area (Å²) in [6.07, 6.45) is -1.29. The predicted octanol–water partition coefficient (Wildman–Crippen LogP) is 3.23. The van der Waals surface area contributed by atoms with Gasteiger partial charge in [-0.1, -0.05) is 91.0 Å². The summed E-state index contributed by atoms with van der Waals surface area (Å²) in [6, 6.07) is 27.9. The monoisotopic (exact) mass is 541 g/mol. The number of hydrazine groups is 1. The molecule has 0 spiro atoms. The lowest BCUT2D eigenvalue weighted by Gasteiger charge is -2.55. The standard InChI is InChI=1S/C31H35N5O4/c1-23(40-22-26-16-10-5-11-17-26)29-30(38)34(19-25-14-8-4-9-15-25)20-27-35(29)28(37)21-33(2)36(27)31(39)32-18-24-12-6-3-7-13-24/h3-17,23,27,29H,18-22H2,1-2H3,(H,32,39)/t23-,27+,29+/m1/s1. The maximum absolute atomic E-state index is 14.0. The minimum absolute atomic E-state index is 0.0247. The van der Waals surface area contributed by atoms with Crippen LogP contribution >= 0.6 is 0 Å². The number of fused-ring (bicyclic) bond motifs is 1. The minimum Gasteiger partial charge on any atom is -0.371 e. The zero-order valence-electron chi connectivity index (χ0n) is 22.8. The lowest BCUT2D eigenvalue weighted by atomic mass is 10.0. The van der Waals surface area contributed by atoms with Gasteiger partial charge in [0, 0.05) is 20.1 Å². The molecule has 3 aromatic rings. The Balaban J connectivity index is 1.42. The van der Waals surface area contributed by atoms with Gasteiger partial charge in [0.05, 0.1) is 25.8 Å². The summed E-state index contributed by atoms with van der Waals surface area (Å²) in [7, 11) is 1.72. The van der Waals surface area contributed by atoms with Gasteiger partial charge in [0.15, 0.2) is 0 Å². The highest BCUT2D eigenvalue weighted by Crippen LogP contribution is 2.29. The number of rotatable bonds is 8. The highest BCUT2D eigenvalue weighted by atomic mass is 16.5. The summed E-state index contributed by atoms with van der Waals surface area (Å²) in [4.78, 5) is 44.3. The molecule has 2 aliphatic heterocycles. The summed E-state index contributed by atoms with van der Waals surface area (Å²) in [5.74, 6) is -0.407. The Morgan fingerprint density at radius 2 is 1.48 bits per heavy atom. The Morgan fingerprint density at radius 1 is 0.900 bits per heavy atom. The van der Waals surface area contributed by atoms with Crippen LogP contribution in [0, 0.1) is 0 Å². The third-order valence-corrected chi connectivity index (χ3v) is 7.38. The maximum atomic E-state index is 14.0. The highest BCUT2D eigenvalue weighted by molar-refractivity contribution is 5.92. The molecule has 2 heterocycles. The Bertz CT molecular complexity index is 1310. The first-order valence-electron chi connectivity index (χ1n) is 13.5. The number of ether oxygens (including phenoxy) is 1. The van der Waals surface area contributed by atoms with Gasteiger partial charge in [-0.3, -0.25) is 9.59 Å². The molecule has 2 fully saturated rings. The Morgan fingerprint density at radius 3 is 2.10 bits per heavy atom. The molecular formula is C31H35N5O4. The van der Waals surface area contributed by atoms with Gasteiger partial charge in [-0.2, -0.15) is 0 Å². The van der Waals surface area contributed by atoms with Crippen LogP contribution in [-0.4, -0.2) is 76.1 Å².